The number of pyridine rings is 1. The van der Waals surface area contributed by atoms with E-state index in [1.54, 1.807) is 6.20 Å². The molecule has 0 fully saturated rings. The van der Waals surface area contributed by atoms with Crippen LogP contribution in [0.2, 0.25) is 0 Å². The maximum absolute atomic E-state index is 5.77. The average Bonchev–Trinajstić information content (AvgIpc) is 3.20. The van der Waals surface area contributed by atoms with Crippen LogP contribution in [0.5, 0.6) is 5.75 Å². The normalized spacial score (nSPS) is 13.4. The van der Waals surface area contributed by atoms with Gasteiger partial charge in [-0.05, 0) is 49.7 Å². The monoisotopic (exact) mass is 336 g/mol. The molecule has 130 valence electrons. The number of aromatic nitrogens is 3. The van der Waals surface area contributed by atoms with Crippen LogP contribution >= 0.6 is 0 Å². The molecule has 0 unspecified atom stereocenters. The molecule has 5 heteroatoms. The number of nitrogens with zero attached hydrogens (tertiary/aromatic N) is 3. The number of rotatable bonds is 8. The SMILES string of the molecule is C[C@H]([C@@H](C)NCc1ccc(OCc2ccccn2)cc1)n1cccn1. The molecule has 0 saturated carbocycles. The number of hydrogen-bond donors (Lipinski definition) is 1. The van der Waals surface area contributed by atoms with Crippen LogP contribution in [-0.4, -0.2) is 20.8 Å². The minimum atomic E-state index is 0.302. The Kier molecular flexibility index (Phi) is 5.80. The van der Waals surface area contributed by atoms with Gasteiger partial charge in [0, 0.05) is 31.2 Å². The van der Waals surface area contributed by atoms with Gasteiger partial charge in [0.05, 0.1) is 11.7 Å². The van der Waals surface area contributed by atoms with E-state index in [1.807, 2.05) is 53.5 Å². The highest BCUT2D eigenvalue weighted by Gasteiger charge is 2.13. The summed E-state index contributed by atoms with van der Waals surface area (Å²) < 4.78 is 7.74. The molecular weight excluding hydrogens is 312 g/mol. The zero-order valence-corrected chi connectivity index (χ0v) is 14.7. The molecule has 0 aliphatic carbocycles. The highest BCUT2D eigenvalue weighted by atomic mass is 16.5. The Morgan fingerprint density at radius 3 is 2.56 bits per heavy atom. The first-order valence-electron chi connectivity index (χ1n) is 8.56. The van der Waals surface area contributed by atoms with Gasteiger partial charge >= 0.3 is 0 Å². The standard InChI is InChI=1S/C20H24N4O/c1-16(17(2)24-13-5-12-23-24)22-14-18-7-9-20(10-8-18)25-15-19-6-3-4-11-21-19/h3-13,16-17,22H,14-15H2,1-2H3/t16-,17-/m1/s1. The second-order valence-electron chi connectivity index (χ2n) is 6.15. The summed E-state index contributed by atoms with van der Waals surface area (Å²) in [5.41, 5.74) is 2.15. The Bertz CT molecular complexity index is 741. The topological polar surface area (TPSA) is 52.0 Å². The number of nitrogens with one attached hydrogen (secondary N) is 1. The van der Waals surface area contributed by atoms with Crippen LogP contribution < -0.4 is 10.1 Å². The third kappa shape index (κ3) is 4.90. The van der Waals surface area contributed by atoms with E-state index in [-0.39, 0.29) is 0 Å². The van der Waals surface area contributed by atoms with Crippen molar-refractivity contribution in [2.45, 2.75) is 39.1 Å². The fraction of sp³-hybridized carbons (Fsp3) is 0.300. The predicted octanol–water partition coefficient (Wildman–Crippen LogP) is 3.60. The van der Waals surface area contributed by atoms with E-state index in [4.69, 9.17) is 4.74 Å². The molecule has 0 amide bonds. The quantitative estimate of drug-likeness (QED) is 0.683. The Morgan fingerprint density at radius 2 is 1.88 bits per heavy atom. The van der Waals surface area contributed by atoms with Gasteiger partial charge in [0.15, 0.2) is 0 Å². The molecule has 0 bridgehead atoms. The van der Waals surface area contributed by atoms with Gasteiger partial charge < -0.3 is 10.1 Å². The third-order valence-electron chi connectivity index (χ3n) is 4.33. The van der Waals surface area contributed by atoms with E-state index in [0.29, 0.717) is 18.7 Å². The molecule has 5 nitrogen and oxygen atoms in total. The lowest BCUT2D eigenvalue weighted by atomic mass is 10.1. The van der Waals surface area contributed by atoms with Crippen LogP contribution in [0.4, 0.5) is 0 Å². The molecule has 2 heterocycles. The minimum absolute atomic E-state index is 0.302. The van der Waals surface area contributed by atoms with Crippen molar-refractivity contribution in [2.75, 3.05) is 0 Å². The van der Waals surface area contributed by atoms with Crippen molar-refractivity contribution in [1.82, 2.24) is 20.1 Å². The molecule has 0 saturated heterocycles. The Hall–Kier alpha value is -2.66. The summed E-state index contributed by atoms with van der Waals surface area (Å²) in [6.07, 6.45) is 5.59. The van der Waals surface area contributed by atoms with Crippen molar-refractivity contribution in [1.29, 1.82) is 0 Å². The summed E-state index contributed by atoms with van der Waals surface area (Å²) in [4.78, 5) is 4.26. The van der Waals surface area contributed by atoms with E-state index in [0.717, 1.165) is 18.0 Å². The fourth-order valence-corrected chi connectivity index (χ4v) is 2.54. The lowest BCUT2D eigenvalue weighted by molar-refractivity contribution is 0.301. The van der Waals surface area contributed by atoms with Gasteiger partial charge in [0.1, 0.15) is 12.4 Å². The average molecular weight is 336 g/mol. The summed E-state index contributed by atoms with van der Waals surface area (Å²) in [5.74, 6) is 0.854. The summed E-state index contributed by atoms with van der Waals surface area (Å²) in [7, 11) is 0. The van der Waals surface area contributed by atoms with Crippen LogP contribution in [0.25, 0.3) is 0 Å². The van der Waals surface area contributed by atoms with Crippen molar-refractivity contribution in [3.05, 3.63) is 78.4 Å². The smallest absolute Gasteiger partial charge is 0.130 e. The molecule has 3 rings (SSSR count). The summed E-state index contributed by atoms with van der Waals surface area (Å²) in [6, 6.07) is 16.6. The van der Waals surface area contributed by atoms with Crippen molar-refractivity contribution < 1.29 is 4.74 Å². The van der Waals surface area contributed by atoms with Crippen LogP contribution in [0.3, 0.4) is 0 Å². The number of benzene rings is 1. The van der Waals surface area contributed by atoms with Gasteiger partial charge in [0.2, 0.25) is 0 Å². The third-order valence-corrected chi connectivity index (χ3v) is 4.33. The van der Waals surface area contributed by atoms with Crippen LogP contribution in [0.15, 0.2) is 67.1 Å². The lowest BCUT2D eigenvalue weighted by Crippen LogP contribution is -2.33. The fourth-order valence-electron chi connectivity index (χ4n) is 2.54. The van der Waals surface area contributed by atoms with Gasteiger partial charge in [-0.2, -0.15) is 5.10 Å². The van der Waals surface area contributed by atoms with Gasteiger partial charge in [0.25, 0.3) is 0 Å². The van der Waals surface area contributed by atoms with E-state index in [2.05, 4.69) is 41.4 Å². The van der Waals surface area contributed by atoms with Gasteiger partial charge in [-0.1, -0.05) is 18.2 Å². The molecule has 1 aromatic carbocycles. The Morgan fingerprint density at radius 1 is 1.04 bits per heavy atom. The molecule has 0 radical (unpaired) electrons. The van der Waals surface area contributed by atoms with Crippen molar-refractivity contribution >= 4 is 0 Å². The maximum atomic E-state index is 5.77. The molecule has 0 aliphatic rings. The van der Waals surface area contributed by atoms with Crippen molar-refractivity contribution in [3.8, 4) is 5.75 Å². The molecule has 1 N–H and O–H groups in total. The second-order valence-corrected chi connectivity index (χ2v) is 6.15. The number of hydrogen-bond acceptors (Lipinski definition) is 4. The van der Waals surface area contributed by atoms with Crippen LogP contribution in [0, 0.1) is 0 Å². The first kappa shape index (κ1) is 17.2. The molecule has 2 aromatic heterocycles. The Balaban J connectivity index is 1.47. The summed E-state index contributed by atoms with van der Waals surface area (Å²) in [6.45, 7) is 5.64. The summed E-state index contributed by atoms with van der Waals surface area (Å²) in [5, 5.41) is 7.86. The second kappa shape index (κ2) is 8.44. The first-order valence-corrected chi connectivity index (χ1v) is 8.56. The largest absolute Gasteiger partial charge is 0.487 e. The first-order chi connectivity index (χ1) is 12.2. The van der Waals surface area contributed by atoms with Gasteiger partial charge in [-0.15, -0.1) is 0 Å². The number of ether oxygens (including phenoxy) is 1. The molecule has 0 spiro atoms. The molecule has 25 heavy (non-hydrogen) atoms. The van der Waals surface area contributed by atoms with Crippen LogP contribution in [0.1, 0.15) is 31.1 Å². The van der Waals surface area contributed by atoms with Gasteiger partial charge in [-0.3, -0.25) is 9.67 Å². The lowest BCUT2D eigenvalue weighted by Gasteiger charge is -2.22. The van der Waals surface area contributed by atoms with Crippen LogP contribution in [-0.2, 0) is 13.2 Å². The zero-order chi connectivity index (χ0) is 17.5. The van der Waals surface area contributed by atoms with E-state index in [1.165, 1.54) is 5.56 Å². The van der Waals surface area contributed by atoms with Crippen molar-refractivity contribution in [3.63, 3.8) is 0 Å². The highest BCUT2D eigenvalue weighted by Crippen LogP contribution is 2.15. The van der Waals surface area contributed by atoms with E-state index < -0.39 is 0 Å². The van der Waals surface area contributed by atoms with Gasteiger partial charge in [-0.25, -0.2) is 0 Å². The van der Waals surface area contributed by atoms with Crippen molar-refractivity contribution in [2.24, 2.45) is 0 Å². The molecule has 3 aromatic rings. The Labute approximate surface area is 148 Å². The molecular formula is C20H24N4O. The van der Waals surface area contributed by atoms with E-state index in [9.17, 15) is 0 Å². The summed E-state index contributed by atoms with van der Waals surface area (Å²) >= 11 is 0. The minimum Gasteiger partial charge on any atom is -0.487 e. The molecule has 0 aliphatic heterocycles. The molecule has 2 atom stereocenters. The zero-order valence-electron chi connectivity index (χ0n) is 14.7. The highest BCUT2D eigenvalue weighted by molar-refractivity contribution is 5.27. The maximum Gasteiger partial charge on any atom is 0.130 e. The predicted molar refractivity (Wildman–Crippen MR) is 98.3 cm³/mol. The van der Waals surface area contributed by atoms with E-state index >= 15 is 0 Å².